The molecule has 0 saturated carbocycles. The van der Waals surface area contributed by atoms with Crippen LogP contribution in [-0.4, -0.2) is 17.8 Å². The SMILES string of the molecule is COC(C)(C)C(O)c1cc2cccc(Cl)c2o1. The predicted octanol–water partition coefficient (Wildman–Crippen LogP) is 3.54. The molecule has 1 unspecified atom stereocenters. The number of benzene rings is 1. The highest BCUT2D eigenvalue weighted by atomic mass is 35.5. The molecule has 0 aliphatic carbocycles. The molecule has 0 aliphatic heterocycles. The second-order valence-corrected chi connectivity index (χ2v) is 4.92. The normalized spacial score (nSPS) is 14.2. The molecule has 1 atom stereocenters. The number of furan rings is 1. The third kappa shape index (κ3) is 2.18. The van der Waals surface area contributed by atoms with Gasteiger partial charge >= 0.3 is 0 Å². The fourth-order valence-electron chi connectivity index (χ4n) is 1.64. The molecule has 1 N–H and O–H groups in total. The molecule has 0 fully saturated rings. The first-order valence-corrected chi connectivity index (χ1v) is 5.74. The molecule has 0 saturated heterocycles. The van der Waals surface area contributed by atoms with Crippen molar-refractivity contribution in [3.05, 3.63) is 35.0 Å². The highest BCUT2D eigenvalue weighted by Gasteiger charge is 2.31. The van der Waals surface area contributed by atoms with Gasteiger partial charge in [-0.2, -0.15) is 0 Å². The van der Waals surface area contributed by atoms with Crippen LogP contribution in [0.15, 0.2) is 28.7 Å². The molecule has 3 nitrogen and oxygen atoms in total. The summed E-state index contributed by atoms with van der Waals surface area (Å²) in [4.78, 5) is 0. The van der Waals surface area contributed by atoms with E-state index in [4.69, 9.17) is 20.8 Å². The Morgan fingerprint density at radius 2 is 2.12 bits per heavy atom. The Labute approximate surface area is 105 Å². The molecule has 17 heavy (non-hydrogen) atoms. The summed E-state index contributed by atoms with van der Waals surface area (Å²) in [5, 5.41) is 11.6. The van der Waals surface area contributed by atoms with Crippen LogP contribution in [0.4, 0.5) is 0 Å². The highest BCUT2D eigenvalue weighted by Crippen LogP contribution is 2.34. The number of methoxy groups -OCH3 is 1. The van der Waals surface area contributed by atoms with E-state index < -0.39 is 11.7 Å². The van der Waals surface area contributed by atoms with Crippen molar-refractivity contribution in [3.63, 3.8) is 0 Å². The standard InChI is InChI=1S/C13H15ClO3/c1-13(2,16-3)12(15)10-7-8-5-4-6-9(14)11(8)17-10/h4-7,12,15H,1-3H3. The summed E-state index contributed by atoms with van der Waals surface area (Å²) in [5.74, 6) is 0.458. The monoisotopic (exact) mass is 254 g/mol. The molecule has 2 aromatic rings. The largest absolute Gasteiger partial charge is 0.457 e. The molecular weight excluding hydrogens is 240 g/mol. The summed E-state index contributed by atoms with van der Waals surface area (Å²) in [6.45, 7) is 3.60. The predicted molar refractivity (Wildman–Crippen MR) is 67.3 cm³/mol. The van der Waals surface area contributed by atoms with Crippen LogP contribution in [0.5, 0.6) is 0 Å². The lowest BCUT2D eigenvalue weighted by Crippen LogP contribution is -2.31. The van der Waals surface area contributed by atoms with E-state index in [1.807, 2.05) is 12.1 Å². The van der Waals surface area contributed by atoms with E-state index in [1.54, 1.807) is 33.1 Å². The van der Waals surface area contributed by atoms with Crippen LogP contribution in [0.2, 0.25) is 5.02 Å². The molecule has 1 aromatic heterocycles. The van der Waals surface area contributed by atoms with Crippen LogP contribution in [0.3, 0.4) is 0 Å². The van der Waals surface area contributed by atoms with Gasteiger partial charge in [-0.05, 0) is 26.0 Å². The Morgan fingerprint density at radius 3 is 2.71 bits per heavy atom. The third-order valence-electron chi connectivity index (χ3n) is 2.97. The first-order chi connectivity index (χ1) is 7.95. The number of aliphatic hydroxyl groups is 1. The second-order valence-electron chi connectivity index (χ2n) is 4.52. The number of rotatable bonds is 3. The number of fused-ring (bicyclic) bond motifs is 1. The van der Waals surface area contributed by atoms with Crippen molar-refractivity contribution in [2.45, 2.75) is 25.6 Å². The Balaban J connectivity index is 2.47. The van der Waals surface area contributed by atoms with Crippen molar-refractivity contribution in [1.82, 2.24) is 0 Å². The second kappa shape index (κ2) is 4.33. The quantitative estimate of drug-likeness (QED) is 0.911. The lowest BCUT2D eigenvalue weighted by atomic mass is 9.99. The maximum absolute atomic E-state index is 10.2. The fraction of sp³-hybridized carbons (Fsp3) is 0.385. The summed E-state index contributed by atoms with van der Waals surface area (Å²) in [6.07, 6.45) is -0.837. The summed E-state index contributed by atoms with van der Waals surface area (Å²) in [6, 6.07) is 7.27. The van der Waals surface area contributed by atoms with Crippen molar-refractivity contribution in [3.8, 4) is 0 Å². The van der Waals surface area contributed by atoms with Crippen LogP contribution < -0.4 is 0 Å². The van der Waals surface area contributed by atoms with E-state index >= 15 is 0 Å². The molecule has 2 rings (SSSR count). The number of ether oxygens (including phenoxy) is 1. The van der Waals surface area contributed by atoms with E-state index in [2.05, 4.69) is 0 Å². The van der Waals surface area contributed by atoms with Crippen LogP contribution in [-0.2, 0) is 4.74 Å². The fourth-order valence-corrected chi connectivity index (χ4v) is 1.86. The van der Waals surface area contributed by atoms with Crippen LogP contribution >= 0.6 is 11.6 Å². The van der Waals surface area contributed by atoms with Gasteiger partial charge in [0.15, 0.2) is 5.58 Å². The summed E-state index contributed by atoms with van der Waals surface area (Å²) in [5.41, 5.74) is -0.115. The molecule has 4 heteroatoms. The van der Waals surface area contributed by atoms with Crippen LogP contribution in [0.1, 0.15) is 25.7 Å². The Hall–Kier alpha value is -1.03. The Kier molecular flexibility index (Phi) is 3.17. The van der Waals surface area contributed by atoms with Crippen molar-refractivity contribution in [2.75, 3.05) is 7.11 Å². The minimum atomic E-state index is -0.837. The zero-order valence-corrected chi connectivity index (χ0v) is 10.8. The lowest BCUT2D eigenvalue weighted by molar-refractivity contribution is -0.0867. The minimum absolute atomic E-state index is 0.458. The van der Waals surface area contributed by atoms with E-state index in [9.17, 15) is 5.11 Å². The number of hydrogen-bond donors (Lipinski definition) is 1. The van der Waals surface area contributed by atoms with E-state index in [0.29, 0.717) is 16.4 Å². The number of aliphatic hydroxyl groups excluding tert-OH is 1. The smallest absolute Gasteiger partial charge is 0.152 e. The number of halogens is 1. The molecule has 92 valence electrons. The van der Waals surface area contributed by atoms with E-state index in [1.165, 1.54) is 0 Å². The van der Waals surface area contributed by atoms with Gasteiger partial charge in [0.1, 0.15) is 11.9 Å². The zero-order valence-electron chi connectivity index (χ0n) is 10.0. The zero-order chi connectivity index (χ0) is 12.6. The average molecular weight is 255 g/mol. The molecule has 1 heterocycles. The van der Waals surface area contributed by atoms with E-state index in [-0.39, 0.29) is 0 Å². The molecule has 1 aromatic carbocycles. The van der Waals surface area contributed by atoms with Gasteiger partial charge in [0, 0.05) is 12.5 Å². The number of para-hydroxylation sites is 1. The average Bonchev–Trinajstić information content (AvgIpc) is 2.73. The Morgan fingerprint density at radius 1 is 1.41 bits per heavy atom. The van der Waals surface area contributed by atoms with Gasteiger partial charge in [0.25, 0.3) is 0 Å². The Bertz CT molecular complexity index is 530. The lowest BCUT2D eigenvalue weighted by Gasteiger charge is -2.27. The van der Waals surface area contributed by atoms with Gasteiger partial charge in [-0.1, -0.05) is 23.7 Å². The van der Waals surface area contributed by atoms with Crippen LogP contribution in [0, 0.1) is 0 Å². The van der Waals surface area contributed by atoms with Crippen LogP contribution in [0.25, 0.3) is 11.0 Å². The molecule has 0 aliphatic rings. The maximum atomic E-state index is 10.2. The molecule has 0 radical (unpaired) electrons. The molecule has 0 bridgehead atoms. The van der Waals surface area contributed by atoms with Gasteiger partial charge in [0.05, 0.1) is 10.6 Å². The first-order valence-electron chi connectivity index (χ1n) is 5.37. The first kappa shape index (κ1) is 12.4. The maximum Gasteiger partial charge on any atom is 0.152 e. The molecular formula is C13H15ClO3. The van der Waals surface area contributed by atoms with Crippen molar-refractivity contribution in [1.29, 1.82) is 0 Å². The molecule has 0 amide bonds. The summed E-state index contributed by atoms with van der Waals surface area (Å²) >= 11 is 6.02. The van der Waals surface area contributed by atoms with Crippen molar-refractivity contribution in [2.24, 2.45) is 0 Å². The summed E-state index contributed by atoms with van der Waals surface area (Å²) < 4.78 is 10.8. The minimum Gasteiger partial charge on any atom is -0.457 e. The van der Waals surface area contributed by atoms with Gasteiger partial charge < -0.3 is 14.3 Å². The van der Waals surface area contributed by atoms with Gasteiger partial charge in [-0.25, -0.2) is 0 Å². The number of hydrogen-bond acceptors (Lipinski definition) is 3. The topological polar surface area (TPSA) is 42.6 Å². The highest BCUT2D eigenvalue weighted by molar-refractivity contribution is 6.34. The molecule has 0 spiro atoms. The van der Waals surface area contributed by atoms with Gasteiger partial charge in [0.2, 0.25) is 0 Å². The van der Waals surface area contributed by atoms with Gasteiger partial charge in [-0.15, -0.1) is 0 Å². The van der Waals surface area contributed by atoms with Gasteiger partial charge in [-0.3, -0.25) is 0 Å². The van der Waals surface area contributed by atoms with Crippen molar-refractivity contribution >= 4 is 22.6 Å². The summed E-state index contributed by atoms with van der Waals surface area (Å²) in [7, 11) is 1.55. The van der Waals surface area contributed by atoms with Crippen molar-refractivity contribution < 1.29 is 14.3 Å². The third-order valence-corrected chi connectivity index (χ3v) is 3.27. The van der Waals surface area contributed by atoms with E-state index in [0.717, 1.165) is 5.39 Å².